The molecule has 0 spiro atoms. The van der Waals surface area contributed by atoms with Crippen molar-refractivity contribution in [2.75, 3.05) is 25.0 Å². The Hall–Kier alpha value is -1.75. The summed E-state index contributed by atoms with van der Waals surface area (Å²) in [6, 6.07) is 3.30. The molecule has 10 heteroatoms. The number of fused-ring (bicyclic) bond motifs is 1. The van der Waals surface area contributed by atoms with Crippen LogP contribution >= 0.6 is 22.7 Å². The Morgan fingerprint density at radius 2 is 2.12 bits per heavy atom. The molecule has 174 valence electrons. The van der Waals surface area contributed by atoms with Gasteiger partial charge in [0.25, 0.3) is 10.0 Å². The number of anilines is 1. The predicted molar refractivity (Wildman–Crippen MR) is 126 cm³/mol. The van der Waals surface area contributed by atoms with Crippen molar-refractivity contribution >= 4 is 49.6 Å². The molecule has 2 aromatic heterocycles. The highest BCUT2D eigenvalue weighted by atomic mass is 32.2. The van der Waals surface area contributed by atoms with Crippen LogP contribution in [0.25, 0.3) is 0 Å². The van der Waals surface area contributed by atoms with Gasteiger partial charge < -0.3 is 10.1 Å². The van der Waals surface area contributed by atoms with E-state index in [0.717, 1.165) is 29.7 Å². The van der Waals surface area contributed by atoms with Crippen LogP contribution in [0.3, 0.4) is 0 Å². The van der Waals surface area contributed by atoms with E-state index in [0.29, 0.717) is 40.1 Å². The highest BCUT2D eigenvalue weighted by Crippen LogP contribution is 2.40. The zero-order valence-electron chi connectivity index (χ0n) is 18.3. The summed E-state index contributed by atoms with van der Waals surface area (Å²) >= 11 is 2.63. The van der Waals surface area contributed by atoms with E-state index in [-0.39, 0.29) is 19.1 Å². The highest BCUT2D eigenvalue weighted by Gasteiger charge is 2.35. The van der Waals surface area contributed by atoms with Crippen LogP contribution < -0.4 is 5.32 Å². The summed E-state index contributed by atoms with van der Waals surface area (Å²) in [5, 5.41) is 5.22. The van der Waals surface area contributed by atoms with Crippen molar-refractivity contribution in [1.82, 2.24) is 4.31 Å². The van der Waals surface area contributed by atoms with Gasteiger partial charge in [-0.25, -0.2) is 13.2 Å². The fraction of sp³-hybridized carbons (Fsp3) is 0.545. The van der Waals surface area contributed by atoms with Crippen LogP contribution in [0.1, 0.15) is 53.9 Å². The Kier molecular flexibility index (Phi) is 7.04. The minimum absolute atomic E-state index is 0.142. The molecule has 1 aliphatic carbocycles. The smallest absolute Gasteiger partial charge is 0.341 e. The molecule has 1 fully saturated rings. The number of piperidine rings is 1. The quantitative estimate of drug-likeness (QED) is 0.607. The summed E-state index contributed by atoms with van der Waals surface area (Å²) in [4.78, 5) is 27.0. The lowest BCUT2D eigenvalue weighted by molar-refractivity contribution is -0.120. The lowest BCUT2D eigenvalue weighted by Gasteiger charge is -2.30. The summed E-state index contributed by atoms with van der Waals surface area (Å²) in [7, 11) is -3.59. The molecule has 0 aromatic carbocycles. The molecule has 2 aliphatic rings. The van der Waals surface area contributed by atoms with Gasteiger partial charge in [0.2, 0.25) is 5.91 Å². The summed E-state index contributed by atoms with van der Waals surface area (Å²) in [5.41, 5.74) is 1.47. The molecule has 2 aromatic rings. The topological polar surface area (TPSA) is 92.8 Å². The summed E-state index contributed by atoms with van der Waals surface area (Å²) in [5.74, 6) is -0.575. The number of amides is 1. The summed E-state index contributed by atoms with van der Waals surface area (Å²) in [6.45, 7) is 4.77. The van der Waals surface area contributed by atoms with Crippen molar-refractivity contribution in [3.05, 3.63) is 33.5 Å². The SMILES string of the molecule is CCOC(=O)c1c(NC(=O)C2CCCN(S(=O)(=O)c3cccs3)C2)sc2c1CCC(C)C2. The molecule has 1 amide bonds. The first-order valence-electron chi connectivity index (χ1n) is 11.0. The van der Waals surface area contributed by atoms with Crippen molar-refractivity contribution in [2.24, 2.45) is 11.8 Å². The molecule has 7 nitrogen and oxygen atoms in total. The van der Waals surface area contributed by atoms with E-state index in [1.54, 1.807) is 24.4 Å². The molecule has 4 rings (SSSR count). The minimum Gasteiger partial charge on any atom is -0.462 e. The lowest BCUT2D eigenvalue weighted by Crippen LogP contribution is -2.43. The maximum absolute atomic E-state index is 13.2. The molecule has 1 N–H and O–H groups in total. The Morgan fingerprint density at radius 3 is 2.84 bits per heavy atom. The van der Waals surface area contributed by atoms with Gasteiger partial charge in [0, 0.05) is 18.0 Å². The molecular weight excluding hydrogens is 468 g/mol. The average molecular weight is 497 g/mol. The van der Waals surface area contributed by atoms with Gasteiger partial charge in [-0.2, -0.15) is 4.31 Å². The third kappa shape index (κ3) is 4.64. The van der Waals surface area contributed by atoms with E-state index in [1.165, 1.54) is 27.0 Å². The van der Waals surface area contributed by atoms with Crippen molar-refractivity contribution in [2.45, 2.75) is 50.2 Å². The molecule has 3 heterocycles. The molecule has 2 atom stereocenters. The number of ether oxygens (including phenoxy) is 1. The first-order chi connectivity index (χ1) is 15.3. The van der Waals surface area contributed by atoms with Gasteiger partial charge in [-0.1, -0.05) is 13.0 Å². The van der Waals surface area contributed by atoms with Gasteiger partial charge in [0.15, 0.2) is 0 Å². The number of thiophene rings is 2. The third-order valence-electron chi connectivity index (χ3n) is 6.07. The second-order valence-electron chi connectivity index (χ2n) is 8.40. The molecule has 1 saturated heterocycles. The first-order valence-corrected chi connectivity index (χ1v) is 14.1. The van der Waals surface area contributed by atoms with Crippen molar-refractivity contribution in [3.63, 3.8) is 0 Å². The maximum Gasteiger partial charge on any atom is 0.341 e. The van der Waals surface area contributed by atoms with Crippen molar-refractivity contribution in [1.29, 1.82) is 0 Å². The van der Waals surface area contributed by atoms with Gasteiger partial charge in [0.05, 0.1) is 18.1 Å². The second kappa shape index (κ2) is 9.62. The predicted octanol–water partition coefficient (Wildman–Crippen LogP) is 4.15. The van der Waals surface area contributed by atoms with Crippen LogP contribution in [0.15, 0.2) is 21.7 Å². The number of carbonyl (C=O) groups is 2. The number of nitrogens with zero attached hydrogens (tertiary/aromatic N) is 1. The zero-order chi connectivity index (χ0) is 22.9. The van der Waals surface area contributed by atoms with Crippen LogP contribution in [-0.2, 0) is 32.4 Å². The van der Waals surface area contributed by atoms with E-state index in [4.69, 9.17) is 4.74 Å². The van der Waals surface area contributed by atoms with E-state index >= 15 is 0 Å². The number of hydrogen-bond donors (Lipinski definition) is 1. The van der Waals surface area contributed by atoms with Crippen LogP contribution in [0.5, 0.6) is 0 Å². The van der Waals surface area contributed by atoms with E-state index < -0.39 is 21.9 Å². The van der Waals surface area contributed by atoms with Crippen molar-refractivity contribution < 1.29 is 22.7 Å². The maximum atomic E-state index is 13.2. The van der Waals surface area contributed by atoms with E-state index in [1.807, 2.05) is 0 Å². The second-order valence-corrected chi connectivity index (χ2v) is 12.6. The number of esters is 1. The fourth-order valence-electron chi connectivity index (χ4n) is 4.38. The van der Waals surface area contributed by atoms with Gasteiger partial charge in [-0.3, -0.25) is 4.79 Å². The number of nitrogens with one attached hydrogen (secondary N) is 1. The Morgan fingerprint density at radius 1 is 1.31 bits per heavy atom. The van der Waals surface area contributed by atoms with Crippen molar-refractivity contribution in [3.8, 4) is 0 Å². The molecule has 0 radical (unpaired) electrons. The Labute approximate surface area is 196 Å². The number of sulfonamides is 1. The number of rotatable bonds is 6. The van der Waals surface area contributed by atoms with Gasteiger partial charge in [-0.05, 0) is 62.0 Å². The molecule has 2 unspecified atom stereocenters. The molecule has 0 saturated carbocycles. The first kappa shape index (κ1) is 23.4. The monoisotopic (exact) mass is 496 g/mol. The highest BCUT2D eigenvalue weighted by molar-refractivity contribution is 7.91. The zero-order valence-corrected chi connectivity index (χ0v) is 20.7. The van der Waals surface area contributed by atoms with E-state index in [9.17, 15) is 18.0 Å². The fourth-order valence-corrected chi connectivity index (χ4v) is 8.45. The minimum atomic E-state index is -3.59. The van der Waals surface area contributed by atoms with Gasteiger partial charge in [0.1, 0.15) is 9.21 Å². The van der Waals surface area contributed by atoms with Crippen LogP contribution in [0, 0.1) is 11.8 Å². The van der Waals surface area contributed by atoms with Gasteiger partial charge >= 0.3 is 5.97 Å². The Bertz CT molecular complexity index is 1090. The largest absolute Gasteiger partial charge is 0.462 e. The van der Waals surface area contributed by atoms with Crippen LogP contribution in [0.4, 0.5) is 5.00 Å². The van der Waals surface area contributed by atoms with Crippen LogP contribution in [-0.4, -0.2) is 44.3 Å². The van der Waals surface area contributed by atoms with Gasteiger partial charge in [-0.15, -0.1) is 22.7 Å². The molecule has 32 heavy (non-hydrogen) atoms. The molecular formula is C22H28N2O5S3. The summed E-state index contributed by atoms with van der Waals surface area (Å²) < 4.78 is 32.8. The molecule has 0 bridgehead atoms. The molecule has 1 aliphatic heterocycles. The lowest BCUT2D eigenvalue weighted by atomic mass is 9.88. The normalized spacial score (nSPS) is 21.7. The number of hydrogen-bond acceptors (Lipinski definition) is 7. The van der Waals surface area contributed by atoms with Crippen LogP contribution in [0.2, 0.25) is 0 Å². The summed E-state index contributed by atoms with van der Waals surface area (Å²) in [6.07, 6.45) is 3.92. The third-order valence-corrected chi connectivity index (χ3v) is 10.5. The number of carbonyl (C=O) groups excluding carboxylic acids is 2. The average Bonchev–Trinajstić information content (AvgIpc) is 3.42. The Balaban J connectivity index is 1.54. The van der Waals surface area contributed by atoms with E-state index in [2.05, 4.69) is 12.2 Å². The standard InChI is InChI=1S/C22H28N2O5S3/c1-3-29-22(26)19-16-9-8-14(2)12-17(16)31-21(19)23-20(25)15-6-4-10-24(13-15)32(27,28)18-7-5-11-30-18/h5,7,11,14-15H,3-4,6,8-10,12-13H2,1-2H3,(H,23,25).